The van der Waals surface area contributed by atoms with E-state index in [1.54, 1.807) is 11.8 Å². The Morgan fingerprint density at radius 3 is 2.80 bits per heavy atom. The van der Waals surface area contributed by atoms with Crippen molar-refractivity contribution in [1.82, 2.24) is 19.8 Å². The third-order valence-electron chi connectivity index (χ3n) is 3.14. The molecule has 110 valence electrons. The Hall–Kier alpha value is -1.54. The van der Waals surface area contributed by atoms with E-state index < -0.39 is 6.04 Å². The van der Waals surface area contributed by atoms with E-state index in [1.165, 1.54) is 0 Å². The van der Waals surface area contributed by atoms with Crippen LogP contribution in [0.15, 0.2) is 0 Å². The molecule has 0 aromatic carbocycles. The van der Waals surface area contributed by atoms with Gasteiger partial charge in [0.25, 0.3) is 5.91 Å². The summed E-state index contributed by atoms with van der Waals surface area (Å²) in [7, 11) is 0. The molecule has 0 radical (unpaired) electrons. The predicted octanol–water partition coefficient (Wildman–Crippen LogP) is 0.0776. The summed E-state index contributed by atoms with van der Waals surface area (Å²) < 4.78 is 8.98. The van der Waals surface area contributed by atoms with Crippen LogP contribution in [-0.4, -0.2) is 58.6 Å². The zero-order chi connectivity index (χ0) is 14.5. The molecule has 0 spiro atoms. The Bertz CT molecular complexity index is 485. The van der Waals surface area contributed by atoms with Gasteiger partial charge >= 0.3 is 0 Å². The van der Waals surface area contributed by atoms with E-state index in [4.69, 9.17) is 4.74 Å². The molecule has 0 aliphatic carbocycles. The lowest BCUT2D eigenvalue weighted by atomic mass is 10.2. The van der Waals surface area contributed by atoms with Gasteiger partial charge in [-0.1, -0.05) is 11.4 Å². The summed E-state index contributed by atoms with van der Waals surface area (Å²) in [6.45, 7) is 5.84. The summed E-state index contributed by atoms with van der Waals surface area (Å²) in [5.41, 5.74) is 0.665. The lowest BCUT2D eigenvalue weighted by Crippen LogP contribution is -2.50. The quantitative estimate of drug-likeness (QED) is 0.851. The minimum atomic E-state index is -0.563. The van der Waals surface area contributed by atoms with Crippen LogP contribution in [0.4, 0.5) is 0 Å². The third-order valence-corrected chi connectivity index (χ3v) is 3.90. The number of nitrogens with one attached hydrogen (secondary N) is 1. The average Bonchev–Trinajstić information content (AvgIpc) is 2.95. The second-order valence-electron chi connectivity index (χ2n) is 4.54. The van der Waals surface area contributed by atoms with Gasteiger partial charge in [-0.2, -0.15) is 0 Å². The van der Waals surface area contributed by atoms with Crippen molar-refractivity contribution in [3.63, 3.8) is 0 Å². The Morgan fingerprint density at radius 2 is 2.15 bits per heavy atom. The molecule has 1 atom stereocenters. The van der Waals surface area contributed by atoms with E-state index in [9.17, 15) is 9.59 Å². The zero-order valence-electron chi connectivity index (χ0n) is 11.6. The highest BCUT2D eigenvalue weighted by molar-refractivity contribution is 7.08. The van der Waals surface area contributed by atoms with Gasteiger partial charge in [-0.25, -0.2) is 0 Å². The van der Waals surface area contributed by atoms with Crippen molar-refractivity contribution in [1.29, 1.82) is 0 Å². The number of aromatic nitrogens is 2. The number of carbonyl (C=O) groups excluding carboxylic acids is 2. The number of ether oxygens (including phenoxy) is 1. The molecular weight excluding hydrogens is 280 g/mol. The fraction of sp³-hybridized carbons (Fsp3) is 0.667. The number of nitrogens with zero attached hydrogens (tertiary/aromatic N) is 3. The fourth-order valence-corrected chi connectivity index (χ4v) is 2.65. The van der Waals surface area contributed by atoms with Gasteiger partial charge in [0, 0.05) is 13.1 Å². The molecule has 0 bridgehead atoms. The van der Waals surface area contributed by atoms with Gasteiger partial charge in [-0.15, -0.1) is 5.10 Å². The van der Waals surface area contributed by atoms with Gasteiger partial charge in [0.1, 0.15) is 10.9 Å². The number of hydrogen-bond donors (Lipinski definition) is 1. The van der Waals surface area contributed by atoms with Crippen LogP contribution in [0.3, 0.4) is 0 Å². The molecule has 7 nitrogen and oxygen atoms in total. The predicted molar refractivity (Wildman–Crippen MR) is 73.6 cm³/mol. The van der Waals surface area contributed by atoms with Crippen molar-refractivity contribution in [2.75, 3.05) is 26.3 Å². The normalized spacial score (nSPS) is 16.8. The number of morpholine rings is 1. The van der Waals surface area contributed by atoms with Crippen molar-refractivity contribution < 1.29 is 14.3 Å². The number of hydrogen-bond acceptors (Lipinski definition) is 6. The Morgan fingerprint density at radius 1 is 1.45 bits per heavy atom. The van der Waals surface area contributed by atoms with Crippen LogP contribution in [0.1, 0.15) is 29.2 Å². The molecule has 8 heteroatoms. The van der Waals surface area contributed by atoms with Crippen LogP contribution in [-0.2, 0) is 16.0 Å². The molecule has 20 heavy (non-hydrogen) atoms. The topological polar surface area (TPSA) is 84.4 Å². The van der Waals surface area contributed by atoms with Crippen LogP contribution in [0.5, 0.6) is 0 Å². The van der Waals surface area contributed by atoms with Gasteiger partial charge in [0.05, 0.1) is 18.9 Å². The van der Waals surface area contributed by atoms with Crippen molar-refractivity contribution in [3.8, 4) is 0 Å². The first-order valence-corrected chi connectivity index (χ1v) is 7.39. The largest absolute Gasteiger partial charge is 0.378 e. The minimum Gasteiger partial charge on any atom is -0.378 e. The molecule has 1 aromatic rings. The molecule has 1 fully saturated rings. The maximum absolute atomic E-state index is 12.2. The SMILES string of the molecule is CCc1nnsc1C(=O)NC(C)C(=O)N1CCOCC1. The van der Waals surface area contributed by atoms with Gasteiger partial charge in [-0.05, 0) is 24.9 Å². The lowest BCUT2D eigenvalue weighted by Gasteiger charge is -2.29. The highest BCUT2D eigenvalue weighted by atomic mass is 32.1. The summed E-state index contributed by atoms with van der Waals surface area (Å²) >= 11 is 1.05. The van der Waals surface area contributed by atoms with Crippen LogP contribution in [0.25, 0.3) is 0 Å². The molecule has 0 saturated carbocycles. The summed E-state index contributed by atoms with van der Waals surface area (Å²) in [5.74, 6) is -0.372. The summed E-state index contributed by atoms with van der Waals surface area (Å²) in [6, 6.07) is -0.563. The molecule has 2 rings (SSSR count). The van der Waals surface area contributed by atoms with Crippen molar-refractivity contribution in [2.24, 2.45) is 0 Å². The van der Waals surface area contributed by atoms with Gasteiger partial charge in [0.2, 0.25) is 5.91 Å². The highest BCUT2D eigenvalue weighted by Crippen LogP contribution is 2.11. The number of amides is 2. The molecule has 1 aliphatic rings. The van der Waals surface area contributed by atoms with Crippen LogP contribution in [0.2, 0.25) is 0 Å². The third kappa shape index (κ3) is 3.31. The van der Waals surface area contributed by atoms with Crippen LogP contribution < -0.4 is 5.32 Å². The second-order valence-corrected chi connectivity index (χ2v) is 5.29. The Balaban J connectivity index is 1.95. The average molecular weight is 298 g/mol. The van der Waals surface area contributed by atoms with Crippen LogP contribution in [0, 0.1) is 0 Å². The fourth-order valence-electron chi connectivity index (χ4n) is 1.99. The smallest absolute Gasteiger partial charge is 0.265 e. The molecule has 1 unspecified atom stereocenters. The van der Waals surface area contributed by atoms with E-state index in [-0.39, 0.29) is 11.8 Å². The first-order chi connectivity index (χ1) is 9.63. The molecule has 2 heterocycles. The van der Waals surface area contributed by atoms with Gasteiger partial charge in [0.15, 0.2) is 0 Å². The summed E-state index contributed by atoms with van der Waals surface area (Å²) in [4.78, 5) is 26.5. The van der Waals surface area contributed by atoms with E-state index in [0.717, 1.165) is 11.5 Å². The highest BCUT2D eigenvalue weighted by Gasteiger charge is 2.25. The maximum atomic E-state index is 12.2. The molecule has 1 aliphatic heterocycles. The van der Waals surface area contributed by atoms with Crippen molar-refractivity contribution >= 4 is 23.3 Å². The molecule has 1 saturated heterocycles. The Kier molecular flexibility index (Phi) is 5.02. The minimum absolute atomic E-state index is 0.0860. The second kappa shape index (κ2) is 6.76. The first kappa shape index (κ1) is 14.9. The van der Waals surface area contributed by atoms with Gasteiger partial charge in [-0.3, -0.25) is 9.59 Å². The molecule has 1 N–H and O–H groups in total. The lowest BCUT2D eigenvalue weighted by molar-refractivity contribution is -0.136. The molecule has 2 amide bonds. The summed E-state index contributed by atoms with van der Waals surface area (Å²) in [6.07, 6.45) is 0.644. The maximum Gasteiger partial charge on any atom is 0.265 e. The van der Waals surface area contributed by atoms with E-state index in [0.29, 0.717) is 43.3 Å². The van der Waals surface area contributed by atoms with Crippen molar-refractivity contribution in [2.45, 2.75) is 26.3 Å². The van der Waals surface area contributed by atoms with E-state index >= 15 is 0 Å². The monoisotopic (exact) mass is 298 g/mol. The number of aryl methyl sites for hydroxylation is 1. The van der Waals surface area contributed by atoms with Gasteiger partial charge < -0.3 is 15.0 Å². The van der Waals surface area contributed by atoms with E-state index in [1.807, 2.05) is 6.92 Å². The van der Waals surface area contributed by atoms with E-state index in [2.05, 4.69) is 14.9 Å². The Labute approximate surface area is 121 Å². The number of rotatable bonds is 4. The standard InChI is InChI=1S/C12H18N4O3S/c1-3-9-10(20-15-14-9)11(17)13-8(2)12(18)16-4-6-19-7-5-16/h8H,3-7H2,1-2H3,(H,13,17). The van der Waals surface area contributed by atoms with Crippen molar-refractivity contribution in [3.05, 3.63) is 10.6 Å². The molecular formula is C12H18N4O3S. The summed E-state index contributed by atoms with van der Waals surface area (Å²) in [5, 5.41) is 6.61. The first-order valence-electron chi connectivity index (χ1n) is 6.62. The molecule has 1 aromatic heterocycles. The van der Waals surface area contributed by atoms with Crippen LogP contribution >= 0.6 is 11.5 Å². The number of carbonyl (C=O) groups is 2. The zero-order valence-corrected chi connectivity index (χ0v) is 12.4.